The lowest BCUT2D eigenvalue weighted by Crippen LogP contribution is -2.20. The Balaban J connectivity index is 1.84. The second kappa shape index (κ2) is 5.71. The van der Waals surface area contributed by atoms with Gasteiger partial charge in [0.2, 0.25) is 0 Å². The van der Waals surface area contributed by atoms with Crippen molar-refractivity contribution in [3.05, 3.63) is 32.2 Å². The highest BCUT2D eigenvalue weighted by atomic mass is 32.1. The van der Waals surface area contributed by atoms with Crippen molar-refractivity contribution in [1.29, 1.82) is 0 Å². The fourth-order valence-corrected chi connectivity index (χ4v) is 3.29. The van der Waals surface area contributed by atoms with Gasteiger partial charge in [-0.1, -0.05) is 0 Å². The van der Waals surface area contributed by atoms with Crippen molar-refractivity contribution in [2.24, 2.45) is 0 Å². The average molecular weight is 267 g/mol. The average Bonchev–Trinajstić information content (AvgIpc) is 2.86. The van der Waals surface area contributed by atoms with Gasteiger partial charge in [-0.05, 0) is 27.3 Å². The first-order valence-corrected chi connectivity index (χ1v) is 7.39. The van der Waals surface area contributed by atoms with Crippen LogP contribution in [0.5, 0.6) is 0 Å². The summed E-state index contributed by atoms with van der Waals surface area (Å²) in [5.41, 5.74) is 6.19. The molecule has 0 unspecified atom stereocenters. The molecule has 2 heterocycles. The van der Waals surface area contributed by atoms with Crippen molar-refractivity contribution in [2.45, 2.75) is 26.8 Å². The summed E-state index contributed by atoms with van der Waals surface area (Å²) in [6, 6.07) is 0. The monoisotopic (exact) mass is 267 g/mol. The normalized spacial score (nSPS) is 11.3. The molecule has 0 aliphatic rings. The lowest BCUT2D eigenvalue weighted by Gasteiger charge is -2.15. The fourth-order valence-electron chi connectivity index (χ4n) is 1.66. The molecule has 2 aromatic heterocycles. The van der Waals surface area contributed by atoms with E-state index in [1.807, 2.05) is 11.0 Å². The molecule has 0 bridgehead atoms. The molecule has 0 aromatic carbocycles. The number of thiazole rings is 2. The molecule has 17 heavy (non-hydrogen) atoms. The molecule has 0 saturated heterocycles. The lowest BCUT2D eigenvalue weighted by molar-refractivity contribution is 0.334. The van der Waals surface area contributed by atoms with Gasteiger partial charge in [0.15, 0.2) is 0 Å². The highest BCUT2D eigenvalue weighted by Crippen LogP contribution is 2.16. The van der Waals surface area contributed by atoms with E-state index >= 15 is 0 Å². The molecular formula is C12H17N3S2. The maximum Gasteiger partial charge on any atom is 0.0798 e. The van der Waals surface area contributed by atoms with Gasteiger partial charge >= 0.3 is 0 Å². The van der Waals surface area contributed by atoms with Gasteiger partial charge in [0.1, 0.15) is 0 Å². The molecule has 0 saturated carbocycles. The largest absolute Gasteiger partial charge is 0.301 e. The van der Waals surface area contributed by atoms with Gasteiger partial charge in [-0.3, -0.25) is 0 Å². The second-order valence-corrected chi connectivity index (χ2v) is 6.09. The number of aromatic nitrogens is 2. The third-order valence-corrected chi connectivity index (χ3v) is 4.74. The summed E-state index contributed by atoms with van der Waals surface area (Å²) < 4.78 is 0. The zero-order chi connectivity index (χ0) is 12.3. The molecule has 2 aromatic rings. The minimum absolute atomic E-state index is 0.994. The molecule has 0 aliphatic carbocycles. The van der Waals surface area contributed by atoms with Gasteiger partial charge in [-0.15, -0.1) is 22.7 Å². The first kappa shape index (κ1) is 12.7. The van der Waals surface area contributed by atoms with Crippen LogP contribution in [0, 0.1) is 13.8 Å². The van der Waals surface area contributed by atoms with E-state index in [4.69, 9.17) is 0 Å². The van der Waals surface area contributed by atoms with E-state index in [2.05, 4.69) is 35.8 Å². The van der Waals surface area contributed by atoms with Crippen molar-refractivity contribution in [1.82, 2.24) is 14.9 Å². The number of hydrogen-bond donors (Lipinski definition) is 0. The maximum absolute atomic E-state index is 4.28. The second-order valence-electron chi connectivity index (χ2n) is 4.21. The molecule has 0 amide bonds. The van der Waals surface area contributed by atoms with E-state index in [9.17, 15) is 0 Å². The van der Waals surface area contributed by atoms with E-state index in [0.29, 0.717) is 0 Å². The Morgan fingerprint density at radius 3 is 2.18 bits per heavy atom. The quantitative estimate of drug-likeness (QED) is 0.834. The van der Waals surface area contributed by atoms with Crippen LogP contribution in [0.25, 0.3) is 0 Å². The Hall–Kier alpha value is -0.780. The van der Waals surface area contributed by atoms with Crippen molar-refractivity contribution < 1.29 is 0 Å². The van der Waals surface area contributed by atoms with Crippen molar-refractivity contribution in [3.8, 4) is 0 Å². The summed E-state index contributed by atoms with van der Waals surface area (Å²) in [6.07, 6.45) is 1.09. The molecule has 5 heteroatoms. The third-order valence-electron chi connectivity index (χ3n) is 2.82. The summed E-state index contributed by atoms with van der Waals surface area (Å²) in [4.78, 5) is 13.7. The standard InChI is InChI=1S/C12H17N3S2/c1-9-11(16-7-13-9)4-5-15(3)6-12-10(2)14-8-17-12/h7-8H,4-6H2,1-3H3. The molecular weight excluding hydrogens is 250 g/mol. The van der Waals surface area contributed by atoms with E-state index < -0.39 is 0 Å². The Kier molecular flexibility index (Phi) is 4.25. The van der Waals surface area contributed by atoms with Gasteiger partial charge in [-0.2, -0.15) is 0 Å². The number of nitrogens with zero attached hydrogens (tertiary/aromatic N) is 3. The van der Waals surface area contributed by atoms with Gasteiger partial charge in [0.05, 0.1) is 22.4 Å². The molecule has 3 nitrogen and oxygen atoms in total. The van der Waals surface area contributed by atoms with Gasteiger partial charge in [0, 0.05) is 22.8 Å². The van der Waals surface area contributed by atoms with Crippen LogP contribution in [0.4, 0.5) is 0 Å². The number of hydrogen-bond acceptors (Lipinski definition) is 5. The smallest absolute Gasteiger partial charge is 0.0798 e. The summed E-state index contributed by atoms with van der Waals surface area (Å²) in [5.74, 6) is 0. The highest BCUT2D eigenvalue weighted by Gasteiger charge is 2.07. The fraction of sp³-hybridized carbons (Fsp3) is 0.500. The summed E-state index contributed by atoms with van der Waals surface area (Å²) in [5, 5.41) is 0. The van der Waals surface area contributed by atoms with Crippen LogP contribution in [0.15, 0.2) is 11.0 Å². The number of aryl methyl sites for hydroxylation is 2. The van der Waals surface area contributed by atoms with E-state index in [1.165, 1.54) is 15.4 Å². The van der Waals surface area contributed by atoms with Crippen LogP contribution >= 0.6 is 22.7 Å². The Bertz CT molecular complexity index is 476. The zero-order valence-corrected chi connectivity index (χ0v) is 12.1. The molecule has 92 valence electrons. The topological polar surface area (TPSA) is 29.0 Å². The van der Waals surface area contributed by atoms with Gasteiger partial charge in [-0.25, -0.2) is 9.97 Å². The molecule has 0 spiro atoms. The van der Waals surface area contributed by atoms with Crippen molar-refractivity contribution in [3.63, 3.8) is 0 Å². The van der Waals surface area contributed by atoms with Crippen LogP contribution < -0.4 is 0 Å². The molecule has 0 N–H and O–H groups in total. The Morgan fingerprint density at radius 2 is 1.65 bits per heavy atom. The first-order valence-electron chi connectivity index (χ1n) is 5.63. The van der Waals surface area contributed by atoms with Crippen LogP contribution in [0.2, 0.25) is 0 Å². The van der Waals surface area contributed by atoms with E-state index in [1.54, 1.807) is 22.7 Å². The SMILES string of the molecule is Cc1ncsc1CCN(C)Cc1scnc1C. The molecule has 0 atom stereocenters. The lowest BCUT2D eigenvalue weighted by atomic mass is 10.3. The molecule has 2 rings (SSSR count). The minimum atomic E-state index is 0.994. The summed E-state index contributed by atoms with van der Waals surface area (Å²) in [6.45, 7) is 6.22. The van der Waals surface area contributed by atoms with Crippen LogP contribution in [-0.4, -0.2) is 28.5 Å². The summed E-state index contributed by atoms with van der Waals surface area (Å²) in [7, 11) is 2.16. The van der Waals surface area contributed by atoms with Crippen molar-refractivity contribution >= 4 is 22.7 Å². The summed E-state index contributed by atoms with van der Waals surface area (Å²) >= 11 is 3.50. The van der Waals surface area contributed by atoms with Gasteiger partial charge in [0.25, 0.3) is 0 Å². The molecule has 0 radical (unpaired) electrons. The molecule has 0 aliphatic heterocycles. The minimum Gasteiger partial charge on any atom is -0.301 e. The number of likely N-dealkylation sites (N-methyl/N-ethyl adjacent to an activating group) is 1. The maximum atomic E-state index is 4.28. The number of rotatable bonds is 5. The predicted molar refractivity (Wildman–Crippen MR) is 73.7 cm³/mol. The van der Waals surface area contributed by atoms with Crippen LogP contribution in [0.3, 0.4) is 0 Å². The van der Waals surface area contributed by atoms with Crippen LogP contribution in [-0.2, 0) is 13.0 Å². The Labute approximate surface area is 110 Å². The van der Waals surface area contributed by atoms with E-state index in [0.717, 1.165) is 25.2 Å². The third kappa shape index (κ3) is 3.34. The zero-order valence-electron chi connectivity index (χ0n) is 10.4. The molecule has 0 fully saturated rings. The van der Waals surface area contributed by atoms with E-state index in [-0.39, 0.29) is 0 Å². The predicted octanol–water partition coefficient (Wildman–Crippen LogP) is 2.89. The highest BCUT2D eigenvalue weighted by molar-refractivity contribution is 7.10. The Morgan fingerprint density at radius 1 is 1.06 bits per heavy atom. The first-order chi connectivity index (χ1) is 8.16. The van der Waals surface area contributed by atoms with Crippen molar-refractivity contribution in [2.75, 3.05) is 13.6 Å². The van der Waals surface area contributed by atoms with Gasteiger partial charge < -0.3 is 4.90 Å². The van der Waals surface area contributed by atoms with Crippen LogP contribution in [0.1, 0.15) is 21.1 Å².